The minimum absolute atomic E-state index is 0.367. The smallest absolute Gasteiger partial charge is 0.143 e. The second kappa shape index (κ2) is 4.22. The predicted octanol–water partition coefficient (Wildman–Crippen LogP) is 3.35. The predicted molar refractivity (Wildman–Crippen MR) is 61.4 cm³/mol. The Morgan fingerprint density at radius 2 is 2.00 bits per heavy atom. The number of nitrogens with two attached hydrogens (primary N) is 1. The molecule has 0 bridgehead atoms. The Morgan fingerprint density at radius 3 is 2.71 bits per heavy atom. The summed E-state index contributed by atoms with van der Waals surface area (Å²) in [7, 11) is 0. The maximum atomic E-state index is 5.89. The van der Waals surface area contributed by atoms with Gasteiger partial charge in [0.1, 0.15) is 5.75 Å². The van der Waals surface area contributed by atoms with Crippen LogP contribution in [0, 0.1) is 0 Å². The molecule has 1 aromatic rings. The third-order valence-electron chi connectivity index (χ3n) is 2.61. The minimum atomic E-state index is 0.367. The molecule has 1 aliphatic rings. The number of para-hydroxylation sites is 1. The van der Waals surface area contributed by atoms with Gasteiger partial charge in [0.05, 0.1) is 11.8 Å². The molecule has 0 aliphatic heterocycles. The van der Waals surface area contributed by atoms with Crippen LogP contribution >= 0.6 is 15.9 Å². The van der Waals surface area contributed by atoms with Crippen molar-refractivity contribution in [2.45, 2.75) is 31.8 Å². The molecule has 0 unspecified atom stereocenters. The lowest BCUT2D eigenvalue weighted by Gasteiger charge is -2.15. The fourth-order valence-electron chi connectivity index (χ4n) is 1.81. The zero-order chi connectivity index (χ0) is 9.97. The van der Waals surface area contributed by atoms with Crippen molar-refractivity contribution < 1.29 is 4.74 Å². The van der Waals surface area contributed by atoms with Crippen molar-refractivity contribution in [3.05, 3.63) is 22.7 Å². The van der Waals surface area contributed by atoms with E-state index in [9.17, 15) is 0 Å². The van der Waals surface area contributed by atoms with E-state index < -0.39 is 0 Å². The molecule has 0 radical (unpaired) electrons. The Labute approximate surface area is 92.6 Å². The van der Waals surface area contributed by atoms with E-state index in [4.69, 9.17) is 10.5 Å². The first-order valence-corrected chi connectivity index (χ1v) is 5.77. The summed E-state index contributed by atoms with van der Waals surface area (Å²) >= 11 is 3.39. The van der Waals surface area contributed by atoms with Gasteiger partial charge in [-0.2, -0.15) is 0 Å². The first-order chi connectivity index (χ1) is 6.77. The van der Waals surface area contributed by atoms with E-state index >= 15 is 0 Å². The lowest BCUT2D eigenvalue weighted by Crippen LogP contribution is -2.12. The first-order valence-electron chi connectivity index (χ1n) is 4.98. The molecule has 14 heavy (non-hydrogen) atoms. The molecule has 2 nitrogen and oxygen atoms in total. The molecule has 0 saturated heterocycles. The van der Waals surface area contributed by atoms with Crippen molar-refractivity contribution in [2.24, 2.45) is 0 Å². The largest absolute Gasteiger partial charge is 0.488 e. The second-order valence-electron chi connectivity index (χ2n) is 3.68. The van der Waals surface area contributed by atoms with Gasteiger partial charge < -0.3 is 10.5 Å². The van der Waals surface area contributed by atoms with Gasteiger partial charge in [0.25, 0.3) is 0 Å². The number of nitrogen functional groups attached to an aromatic ring is 1. The molecule has 1 fully saturated rings. The van der Waals surface area contributed by atoms with Crippen molar-refractivity contribution in [3.8, 4) is 5.75 Å². The summed E-state index contributed by atoms with van der Waals surface area (Å²) in [6, 6.07) is 5.81. The highest BCUT2D eigenvalue weighted by Gasteiger charge is 2.17. The van der Waals surface area contributed by atoms with Gasteiger partial charge in [-0.05, 0) is 53.7 Å². The van der Waals surface area contributed by atoms with Gasteiger partial charge in [-0.25, -0.2) is 0 Å². The first kappa shape index (κ1) is 9.84. The Kier molecular flexibility index (Phi) is 2.96. The van der Waals surface area contributed by atoms with E-state index in [2.05, 4.69) is 15.9 Å². The number of benzene rings is 1. The van der Waals surface area contributed by atoms with Crippen molar-refractivity contribution in [1.29, 1.82) is 0 Å². The molecule has 0 heterocycles. The van der Waals surface area contributed by atoms with Gasteiger partial charge in [0, 0.05) is 4.47 Å². The molecule has 2 N–H and O–H groups in total. The van der Waals surface area contributed by atoms with Crippen molar-refractivity contribution in [2.75, 3.05) is 5.73 Å². The number of hydrogen-bond donors (Lipinski definition) is 1. The molecular formula is C11H14BrNO. The average molecular weight is 256 g/mol. The molecule has 0 spiro atoms. The Morgan fingerprint density at radius 1 is 1.29 bits per heavy atom. The summed E-state index contributed by atoms with van der Waals surface area (Å²) in [6.07, 6.45) is 5.24. The van der Waals surface area contributed by atoms with E-state index in [-0.39, 0.29) is 0 Å². The molecule has 76 valence electrons. The Balaban J connectivity index is 2.11. The summed E-state index contributed by atoms with van der Waals surface area (Å²) in [6.45, 7) is 0. The van der Waals surface area contributed by atoms with Gasteiger partial charge in [0.15, 0.2) is 0 Å². The van der Waals surface area contributed by atoms with Crippen LogP contribution in [0.3, 0.4) is 0 Å². The third-order valence-corrected chi connectivity index (χ3v) is 3.30. The average Bonchev–Trinajstić information content (AvgIpc) is 2.66. The lowest BCUT2D eigenvalue weighted by atomic mass is 10.2. The number of ether oxygens (including phenoxy) is 1. The maximum absolute atomic E-state index is 5.89. The molecule has 3 heteroatoms. The Hall–Kier alpha value is -0.700. The zero-order valence-electron chi connectivity index (χ0n) is 8.00. The molecule has 0 amide bonds. The van der Waals surface area contributed by atoms with E-state index in [0.29, 0.717) is 11.8 Å². The van der Waals surface area contributed by atoms with Gasteiger partial charge in [-0.3, -0.25) is 0 Å². The highest BCUT2D eigenvalue weighted by atomic mass is 79.9. The van der Waals surface area contributed by atoms with Crippen molar-refractivity contribution in [1.82, 2.24) is 0 Å². The highest BCUT2D eigenvalue weighted by molar-refractivity contribution is 9.10. The quantitative estimate of drug-likeness (QED) is 0.823. The number of hydrogen-bond acceptors (Lipinski definition) is 2. The van der Waals surface area contributed by atoms with Gasteiger partial charge >= 0.3 is 0 Å². The lowest BCUT2D eigenvalue weighted by molar-refractivity contribution is 0.211. The summed E-state index contributed by atoms with van der Waals surface area (Å²) in [4.78, 5) is 0. The van der Waals surface area contributed by atoms with Gasteiger partial charge in [-0.1, -0.05) is 6.07 Å². The second-order valence-corrected chi connectivity index (χ2v) is 4.53. The molecule has 1 saturated carbocycles. The number of halogens is 1. The van der Waals surface area contributed by atoms with E-state index in [1.54, 1.807) is 0 Å². The summed E-state index contributed by atoms with van der Waals surface area (Å²) in [5.74, 6) is 0.811. The fraction of sp³-hybridized carbons (Fsp3) is 0.455. The van der Waals surface area contributed by atoms with Crippen molar-refractivity contribution >= 4 is 21.6 Å². The molecular weight excluding hydrogens is 242 g/mol. The molecule has 1 aliphatic carbocycles. The standard InChI is InChI=1S/C11H14BrNO/c12-9-6-3-7-10(11(9)13)14-8-4-1-2-5-8/h3,6-8H,1-2,4-5,13H2. The van der Waals surface area contributed by atoms with Crippen LogP contribution in [0.4, 0.5) is 5.69 Å². The molecule has 1 aromatic carbocycles. The van der Waals surface area contributed by atoms with E-state index in [0.717, 1.165) is 23.1 Å². The van der Waals surface area contributed by atoms with Crippen LogP contribution in [-0.2, 0) is 0 Å². The third kappa shape index (κ3) is 2.03. The number of anilines is 1. The van der Waals surface area contributed by atoms with E-state index in [1.165, 1.54) is 12.8 Å². The maximum Gasteiger partial charge on any atom is 0.143 e. The van der Waals surface area contributed by atoms with E-state index in [1.807, 2.05) is 18.2 Å². The molecule has 2 rings (SSSR count). The monoisotopic (exact) mass is 255 g/mol. The normalized spacial score (nSPS) is 17.2. The topological polar surface area (TPSA) is 35.2 Å². The van der Waals surface area contributed by atoms with Crippen LogP contribution in [0.1, 0.15) is 25.7 Å². The minimum Gasteiger partial charge on any atom is -0.488 e. The zero-order valence-corrected chi connectivity index (χ0v) is 9.59. The summed E-state index contributed by atoms with van der Waals surface area (Å²) in [5, 5.41) is 0. The van der Waals surface area contributed by atoms with Gasteiger partial charge in [0.2, 0.25) is 0 Å². The van der Waals surface area contributed by atoms with Crippen LogP contribution in [0.5, 0.6) is 5.75 Å². The molecule has 0 atom stereocenters. The Bertz CT molecular complexity index is 321. The summed E-state index contributed by atoms with van der Waals surface area (Å²) < 4.78 is 6.74. The van der Waals surface area contributed by atoms with Crippen LogP contribution in [0.2, 0.25) is 0 Å². The SMILES string of the molecule is Nc1c(Br)cccc1OC1CCCC1. The van der Waals surface area contributed by atoms with Crippen LogP contribution < -0.4 is 10.5 Å². The van der Waals surface area contributed by atoms with Crippen molar-refractivity contribution in [3.63, 3.8) is 0 Å². The molecule has 0 aromatic heterocycles. The summed E-state index contributed by atoms with van der Waals surface area (Å²) in [5.41, 5.74) is 6.60. The van der Waals surface area contributed by atoms with Crippen LogP contribution in [0.15, 0.2) is 22.7 Å². The highest BCUT2D eigenvalue weighted by Crippen LogP contribution is 2.32. The van der Waals surface area contributed by atoms with Crippen LogP contribution in [-0.4, -0.2) is 6.10 Å². The van der Waals surface area contributed by atoms with Gasteiger partial charge in [-0.15, -0.1) is 0 Å². The fourth-order valence-corrected chi connectivity index (χ4v) is 2.15. The van der Waals surface area contributed by atoms with Crippen LogP contribution in [0.25, 0.3) is 0 Å². The number of rotatable bonds is 2.